The van der Waals surface area contributed by atoms with Crippen molar-refractivity contribution in [2.75, 3.05) is 45.5 Å². The smallest absolute Gasteiger partial charge is 0.241 e. The fourth-order valence-corrected chi connectivity index (χ4v) is 4.75. The standard InChI is InChI=1S/C15H27N3O3S/c1-22(20,21)18-9-2-4-14(18)15(19)17-8-3-7-16(10-11-17)12-13-5-6-13/h13-14H,2-12H2,1H3/t14-/m0/s1. The summed E-state index contributed by atoms with van der Waals surface area (Å²) in [6.45, 7) is 5.13. The zero-order valence-electron chi connectivity index (χ0n) is 13.4. The minimum Gasteiger partial charge on any atom is -0.340 e. The van der Waals surface area contributed by atoms with E-state index >= 15 is 0 Å². The van der Waals surface area contributed by atoms with Crippen molar-refractivity contribution in [2.24, 2.45) is 5.92 Å². The van der Waals surface area contributed by atoms with Gasteiger partial charge in [0.2, 0.25) is 15.9 Å². The molecule has 0 spiro atoms. The van der Waals surface area contributed by atoms with Gasteiger partial charge in [0, 0.05) is 32.7 Å². The first kappa shape index (κ1) is 16.2. The zero-order valence-corrected chi connectivity index (χ0v) is 14.2. The van der Waals surface area contributed by atoms with Gasteiger partial charge in [0.15, 0.2) is 0 Å². The van der Waals surface area contributed by atoms with Crippen LogP contribution in [0.5, 0.6) is 0 Å². The summed E-state index contributed by atoms with van der Waals surface area (Å²) in [7, 11) is -3.29. The van der Waals surface area contributed by atoms with Crippen LogP contribution in [0.15, 0.2) is 0 Å². The Bertz CT molecular complexity index is 518. The Kier molecular flexibility index (Phi) is 4.75. The van der Waals surface area contributed by atoms with Crippen LogP contribution in [0.2, 0.25) is 0 Å². The first-order chi connectivity index (χ1) is 10.4. The van der Waals surface area contributed by atoms with E-state index in [1.807, 2.05) is 4.90 Å². The second-order valence-electron chi connectivity index (χ2n) is 6.95. The first-order valence-corrected chi connectivity index (χ1v) is 10.3. The normalized spacial score (nSPS) is 28.8. The highest BCUT2D eigenvalue weighted by Crippen LogP contribution is 2.30. The highest BCUT2D eigenvalue weighted by molar-refractivity contribution is 7.88. The van der Waals surface area contributed by atoms with Crippen LogP contribution in [0.3, 0.4) is 0 Å². The van der Waals surface area contributed by atoms with Crippen molar-refractivity contribution in [1.29, 1.82) is 0 Å². The van der Waals surface area contributed by atoms with E-state index in [-0.39, 0.29) is 5.91 Å². The second-order valence-corrected chi connectivity index (χ2v) is 8.89. The minimum absolute atomic E-state index is 0.0104. The molecule has 3 rings (SSSR count). The van der Waals surface area contributed by atoms with E-state index in [9.17, 15) is 13.2 Å². The van der Waals surface area contributed by atoms with Gasteiger partial charge in [-0.3, -0.25) is 4.79 Å². The molecule has 2 heterocycles. The Labute approximate surface area is 133 Å². The first-order valence-electron chi connectivity index (χ1n) is 8.43. The lowest BCUT2D eigenvalue weighted by atomic mass is 10.2. The van der Waals surface area contributed by atoms with E-state index in [1.54, 1.807) is 0 Å². The molecule has 3 fully saturated rings. The summed E-state index contributed by atoms with van der Waals surface area (Å²) in [5, 5.41) is 0. The molecular weight excluding hydrogens is 302 g/mol. The monoisotopic (exact) mass is 329 g/mol. The number of sulfonamides is 1. The van der Waals surface area contributed by atoms with Gasteiger partial charge in [-0.05, 0) is 44.6 Å². The SMILES string of the molecule is CS(=O)(=O)N1CCC[C@H]1C(=O)N1CCCN(CC2CC2)CC1. The maximum Gasteiger partial charge on any atom is 0.241 e. The molecule has 1 amide bonds. The lowest BCUT2D eigenvalue weighted by Gasteiger charge is -2.28. The summed E-state index contributed by atoms with van der Waals surface area (Å²) in [4.78, 5) is 17.1. The van der Waals surface area contributed by atoms with Crippen LogP contribution in [-0.2, 0) is 14.8 Å². The molecule has 0 unspecified atom stereocenters. The molecule has 0 aromatic heterocycles. The maximum absolute atomic E-state index is 12.8. The number of hydrogen-bond acceptors (Lipinski definition) is 4. The van der Waals surface area contributed by atoms with Gasteiger partial charge in [-0.2, -0.15) is 4.31 Å². The van der Waals surface area contributed by atoms with Gasteiger partial charge in [0.25, 0.3) is 0 Å². The molecule has 1 atom stereocenters. The van der Waals surface area contributed by atoms with Gasteiger partial charge in [-0.15, -0.1) is 0 Å². The maximum atomic E-state index is 12.8. The van der Waals surface area contributed by atoms with Crippen LogP contribution < -0.4 is 0 Å². The largest absolute Gasteiger partial charge is 0.340 e. The van der Waals surface area contributed by atoms with Gasteiger partial charge in [-0.25, -0.2) is 8.42 Å². The fraction of sp³-hybridized carbons (Fsp3) is 0.933. The highest BCUT2D eigenvalue weighted by atomic mass is 32.2. The van der Waals surface area contributed by atoms with Gasteiger partial charge >= 0.3 is 0 Å². The van der Waals surface area contributed by atoms with Crippen LogP contribution in [-0.4, -0.2) is 80.0 Å². The highest BCUT2D eigenvalue weighted by Gasteiger charge is 2.39. The second kappa shape index (κ2) is 6.45. The predicted molar refractivity (Wildman–Crippen MR) is 84.9 cm³/mol. The van der Waals surface area contributed by atoms with Crippen molar-refractivity contribution >= 4 is 15.9 Å². The van der Waals surface area contributed by atoms with Crippen molar-refractivity contribution in [3.63, 3.8) is 0 Å². The number of hydrogen-bond donors (Lipinski definition) is 0. The molecule has 1 saturated carbocycles. The molecule has 126 valence electrons. The predicted octanol–water partition coefficient (Wildman–Crippen LogP) is 0.355. The molecule has 6 nitrogen and oxygen atoms in total. The molecule has 0 aromatic rings. The van der Waals surface area contributed by atoms with Gasteiger partial charge < -0.3 is 9.80 Å². The molecule has 0 aromatic carbocycles. The molecule has 0 bridgehead atoms. The van der Waals surface area contributed by atoms with E-state index in [1.165, 1.54) is 29.9 Å². The van der Waals surface area contributed by atoms with Crippen LogP contribution in [0.1, 0.15) is 32.1 Å². The average Bonchev–Trinajstić information content (AvgIpc) is 3.17. The fourth-order valence-electron chi connectivity index (χ4n) is 3.63. The summed E-state index contributed by atoms with van der Waals surface area (Å²) in [6.07, 6.45) is 6.34. The van der Waals surface area contributed by atoms with Crippen molar-refractivity contribution in [3.8, 4) is 0 Å². The Hall–Kier alpha value is -0.660. The molecule has 2 saturated heterocycles. The van der Waals surface area contributed by atoms with Crippen LogP contribution in [0, 0.1) is 5.92 Å². The molecule has 1 aliphatic carbocycles. The molecule has 0 radical (unpaired) electrons. The summed E-state index contributed by atoms with van der Waals surface area (Å²) < 4.78 is 25.0. The Morgan fingerprint density at radius 2 is 1.77 bits per heavy atom. The third-order valence-corrected chi connectivity index (χ3v) is 6.32. The topological polar surface area (TPSA) is 60.9 Å². The van der Waals surface area contributed by atoms with E-state index < -0.39 is 16.1 Å². The summed E-state index contributed by atoms with van der Waals surface area (Å²) >= 11 is 0. The number of carbonyl (C=O) groups excluding carboxylic acids is 1. The molecule has 0 N–H and O–H groups in total. The van der Waals surface area contributed by atoms with Crippen LogP contribution in [0.25, 0.3) is 0 Å². The van der Waals surface area contributed by atoms with Crippen molar-refractivity contribution < 1.29 is 13.2 Å². The van der Waals surface area contributed by atoms with Gasteiger partial charge in [0.1, 0.15) is 6.04 Å². The zero-order chi connectivity index (χ0) is 15.7. The molecule has 7 heteroatoms. The molecule has 3 aliphatic rings. The number of amides is 1. The number of rotatable bonds is 4. The molecule has 2 aliphatic heterocycles. The number of carbonyl (C=O) groups is 1. The average molecular weight is 329 g/mol. The van der Waals surface area contributed by atoms with Crippen LogP contribution in [0.4, 0.5) is 0 Å². The third-order valence-electron chi connectivity index (χ3n) is 5.03. The van der Waals surface area contributed by atoms with Gasteiger partial charge in [0.05, 0.1) is 6.26 Å². The molecular formula is C15H27N3O3S. The minimum atomic E-state index is -3.29. The van der Waals surface area contributed by atoms with E-state index in [2.05, 4.69) is 4.90 Å². The third kappa shape index (κ3) is 3.81. The summed E-state index contributed by atoms with van der Waals surface area (Å²) in [5.74, 6) is 0.883. The lowest BCUT2D eigenvalue weighted by Crippen LogP contribution is -2.48. The van der Waals surface area contributed by atoms with Crippen molar-refractivity contribution in [2.45, 2.75) is 38.1 Å². The summed E-state index contributed by atoms with van der Waals surface area (Å²) in [6, 6.07) is -0.468. The van der Waals surface area contributed by atoms with Gasteiger partial charge in [-0.1, -0.05) is 0 Å². The Morgan fingerprint density at radius 3 is 2.45 bits per heavy atom. The van der Waals surface area contributed by atoms with Crippen molar-refractivity contribution in [3.05, 3.63) is 0 Å². The number of nitrogens with zero attached hydrogens (tertiary/aromatic N) is 3. The summed E-state index contributed by atoms with van der Waals surface area (Å²) in [5.41, 5.74) is 0. The lowest BCUT2D eigenvalue weighted by molar-refractivity contribution is -0.134. The molecule has 22 heavy (non-hydrogen) atoms. The van der Waals surface area contributed by atoms with Crippen molar-refractivity contribution in [1.82, 2.24) is 14.1 Å². The van der Waals surface area contributed by atoms with E-state index in [0.29, 0.717) is 13.0 Å². The Morgan fingerprint density at radius 1 is 1.00 bits per heavy atom. The van der Waals surface area contributed by atoms with E-state index in [4.69, 9.17) is 0 Å². The quantitative estimate of drug-likeness (QED) is 0.747. The van der Waals surface area contributed by atoms with E-state index in [0.717, 1.165) is 44.9 Å². The Balaban J connectivity index is 1.59. The van der Waals surface area contributed by atoms with Crippen LogP contribution >= 0.6 is 0 Å².